The van der Waals surface area contributed by atoms with E-state index in [9.17, 15) is 0 Å². The fourth-order valence-corrected chi connectivity index (χ4v) is 4.54. The van der Waals surface area contributed by atoms with Crippen LogP contribution in [-0.4, -0.2) is 4.57 Å². The molecule has 132 valence electrons. The van der Waals surface area contributed by atoms with Crippen LogP contribution in [0.5, 0.6) is 0 Å². The predicted octanol–water partition coefficient (Wildman–Crippen LogP) is 7.40. The molecule has 0 aliphatic carbocycles. The summed E-state index contributed by atoms with van der Waals surface area (Å²) in [4.78, 5) is 0. The number of benzene rings is 5. The van der Waals surface area contributed by atoms with Crippen molar-refractivity contribution in [2.75, 3.05) is 0 Å². The molecule has 0 saturated carbocycles. The van der Waals surface area contributed by atoms with E-state index in [4.69, 9.17) is 0 Å². The number of hydrogen-bond acceptors (Lipinski definition) is 0. The third-order valence-corrected chi connectivity index (χ3v) is 5.90. The highest BCUT2D eigenvalue weighted by Crippen LogP contribution is 2.37. The second-order valence-corrected chi connectivity index (χ2v) is 7.52. The summed E-state index contributed by atoms with van der Waals surface area (Å²) in [6.45, 7) is 2.19. The van der Waals surface area contributed by atoms with Crippen molar-refractivity contribution in [3.05, 3.63) is 103 Å². The van der Waals surface area contributed by atoms with Gasteiger partial charge in [0.25, 0.3) is 0 Å². The fraction of sp³-hybridized carbons (Fsp3) is 0.0370. The van der Waals surface area contributed by atoms with Crippen LogP contribution < -0.4 is 0 Å². The Kier molecular flexibility index (Phi) is 3.15. The summed E-state index contributed by atoms with van der Waals surface area (Å²) in [5.41, 5.74) is 5.06. The van der Waals surface area contributed by atoms with Crippen molar-refractivity contribution in [2.24, 2.45) is 0 Å². The maximum atomic E-state index is 2.43. The van der Waals surface area contributed by atoms with Crippen molar-refractivity contribution < 1.29 is 0 Å². The number of aryl methyl sites for hydroxylation is 1. The van der Waals surface area contributed by atoms with Crippen molar-refractivity contribution in [3.63, 3.8) is 0 Å². The molecule has 0 saturated heterocycles. The van der Waals surface area contributed by atoms with Crippen LogP contribution in [0.15, 0.2) is 97.1 Å². The van der Waals surface area contributed by atoms with Gasteiger partial charge in [0, 0.05) is 16.2 Å². The minimum Gasteiger partial charge on any atom is -0.309 e. The van der Waals surface area contributed by atoms with Crippen molar-refractivity contribution in [2.45, 2.75) is 6.92 Å². The first-order valence-electron chi connectivity index (χ1n) is 9.72. The lowest BCUT2D eigenvalue weighted by atomic mass is 10.0. The Morgan fingerprint density at radius 3 is 1.96 bits per heavy atom. The average molecular weight is 357 g/mol. The van der Waals surface area contributed by atoms with Crippen LogP contribution in [-0.2, 0) is 0 Å². The molecule has 1 heteroatoms. The molecular weight excluding hydrogens is 338 g/mol. The first-order valence-corrected chi connectivity index (χ1v) is 9.72. The van der Waals surface area contributed by atoms with E-state index in [0.29, 0.717) is 0 Å². The molecular formula is C27H19N. The summed E-state index contributed by atoms with van der Waals surface area (Å²) in [5.74, 6) is 0. The molecule has 0 bridgehead atoms. The molecule has 0 aliphatic rings. The lowest BCUT2D eigenvalue weighted by Gasteiger charge is -2.13. The van der Waals surface area contributed by atoms with Crippen molar-refractivity contribution in [1.82, 2.24) is 4.57 Å². The summed E-state index contributed by atoms with van der Waals surface area (Å²) in [7, 11) is 0. The quantitative estimate of drug-likeness (QED) is 0.289. The molecule has 5 aromatic carbocycles. The van der Waals surface area contributed by atoms with Crippen LogP contribution in [0, 0.1) is 6.92 Å². The highest BCUT2D eigenvalue weighted by molar-refractivity contribution is 6.14. The first-order chi connectivity index (χ1) is 13.8. The molecule has 6 aromatic rings. The number of fused-ring (bicyclic) bond motifs is 5. The Labute approximate surface area is 163 Å². The number of rotatable bonds is 1. The highest BCUT2D eigenvalue weighted by atomic mass is 15.0. The van der Waals surface area contributed by atoms with Gasteiger partial charge in [0.05, 0.1) is 16.7 Å². The smallest absolute Gasteiger partial charge is 0.0547 e. The van der Waals surface area contributed by atoms with Crippen LogP contribution >= 0.6 is 0 Å². The van der Waals surface area contributed by atoms with Gasteiger partial charge in [0.2, 0.25) is 0 Å². The molecule has 0 radical (unpaired) electrons. The van der Waals surface area contributed by atoms with Gasteiger partial charge in [-0.15, -0.1) is 0 Å². The number of nitrogens with zero attached hydrogens (tertiary/aromatic N) is 1. The van der Waals surface area contributed by atoms with Crippen LogP contribution in [0.4, 0.5) is 0 Å². The molecule has 0 amide bonds. The second-order valence-electron chi connectivity index (χ2n) is 7.52. The normalized spacial score (nSPS) is 11.8. The predicted molar refractivity (Wildman–Crippen MR) is 121 cm³/mol. The minimum atomic E-state index is 1.24. The molecule has 28 heavy (non-hydrogen) atoms. The topological polar surface area (TPSA) is 4.93 Å². The van der Waals surface area contributed by atoms with Gasteiger partial charge in [0.15, 0.2) is 0 Å². The van der Waals surface area contributed by atoms with E-state index in [0.717, 1.165) is 0 Å². The standard InChI is InChI=1S/C27H19N/c1-18-14-15-26(22-11-5-4-10-21(18)22)28-25-13-7-6-12-23(25)24-16-19-8-2-3-9-20(19)17-27(24)28/h2-17H,1H3. The monoisotopic (exact) mass is 357 g/mol. The zero-order chi connectivity index (χ0) is 18.7. The van der Waals surface area contributed by atoms with E-state index < -0.39 is 0 Å². The molecule has 1 aromatic heterocycles. The molecule has 0 unspecified atom stereocenters. The van der Waals surface area contributed by atoms with E-state index in [1.807, 2.05) is 0 Å². The number of para-hydroxylation sites is 1. The van der Waals surface area contributed by atoms with Gasteiger partial charge in [0.1, 0.15) is 0 Å². The molecule has 1 heterocycles. The first kappa shape index (κ1) is 15.5. The third kappa shape index (κ3) is 2.07. The van der Waals surface area contributed by atoms with Gasteiger partial charge < -0.3 is 4.57 Å². The summed E-state index contributed by atoms with van der Waals surface area (Å²) >= 11 is 0. The Morgan fingerprint density at radius 2 is 1.14 bits per heavy atom. The van der Waals surface area contributed by atoms with Crippen LogP contribution in [0.3, 0.4) is 0 Å². The Hall–Kier alpha value is -3.58. The average Bonchev–Trinajstić information content (AvgIpc) is 3.06. The zero-order valence-corrected chi connectivity index (χ0v) is 15.7. The second kappa shape index (κ2) is 5.71. The van der Waals surface area contributed by atoms with Gasteiger partial charge in [-0.2, -0.15) is 0 Å². The van der Waals surface area contributed by atoms with Crippen molar-refractivity contribution in [3.8, 4) is 5.69 Å². The van der Waals surface area contributed by atoms with Gasteiger partial charge in [-0.05, 0) is 52.9 Å². The fourth-order valence-electron chi connectivity index (χ4n) is 4.54. The molecule has 6 rings (SSSR count). The van der Waals surface area contributed by atoms with Crippen LogP contribution in [0.2, 0.25) is 0 Å². The van der Waals surface area contributed by atoms with Crippen molar-refractivity contribution in [1.29, 1.82) is 0 Å². The molecule has 0 spiro atoms. The summed E-state index contributed by atoms with van der Waals surface area (Å²) < 4.78 is 2.43. The van der Waals surface area contributed by atoms with Gasteiger partial charge in [-0.3, -0.25) is 0 Å². The SMILES string of the molecule is Cc1ccc(-n2c3ccccc3c3cc4ccccc4cc32)c2ccccc12. The number of aromatic nitrogens is 1. The third-order valence-electron chi connectivity index (χ3n) is 5.90. The van der Waals surface area contributed by atoms with Crippen LogP contribution in [0.25, 0.3) is 49.0 Å². The minimum absolute atomic E-state index is 1.24. The van der Waals surface area contributed by atoms with E-state index in [-0.39, 0.29) is 0 Å². The maximum Gasteiger partial charge on any atom is 0.0547 e. The molecule has 1 nitrogen and oxygen atoms in total. The number of hydrogen-bond donors (Lipinski definition) is 0. The zero-order valence-electron chi connectivity index (χ0n) is 15.7. The Morgan fingerprint density at radius 1 is 0.500 bits per heavy atom. The Balaban J connectivity index is 1.85. The highest BCUT2D eigenvalue weighted by Gasteiger charge is 2.15. The van der Waals surface area contributed by atoms with E-state index >= 15 is 0 Å². The Bertz CT molecular complexity index is 1520. The largest absolute Gasteiger partial charge is 0.309 e. The summed E-state index contributed by atoms with van der Waals surface area (Å²) in [6, 6.07) is 35.2. The van der Waals surface area contributed by atoms with Gasteiger partial charge >= 0.3 is 0 Å². The van der Waals surface area contributed by atoms with Gasteiger partial charge in [-0.1, -0.05) is 72.8 Å². The summed E-state index contributed by atoms with van der Waals surface area (Å²) in [6.07, 6.45) is 0. The summed E-state index contributed by atoms with van der Waals surface area (Å²) in [5, 5.41) is 7.76. The molecule has 0 N–H and O–H groups in total. The van der Waals surface area contributed by atoms with Gasteiger partial charge in [-0.25, -0.2) is 0 Å². The lowest BCUT2D eigenvalue weighted by molar-refractivity contribution is 1.20. The van der Waals surface area contributed by atoms with E-state index in [2.05, 4.69) is 109 Å². The van der Waals surface area contributed by atoms with E-state index in [1.165, 1.54) is 54.6 Å². The maximum absolute atomic E-state index is 2.43. The van der Waals surface area contributed by atoms with Crippen LogP contribution in [0.1, 0.15) is 5.56 Å². The molecule has 0 atom stereocenters. The van der Waals surface area contributed by atoms with E-state index in [1.54, 1.807) is 0 Å². The van der Waals surface area contributed by atoms with Crippen molar-refractivity contribution >= 4 is 43.4 Å². The lowest BCUT2D eigenvalue weighted by Crippen LogP contribution is -1.96. The molecule has 0 fully saturated rings. The molecule has 0 aliphatic heterocycles.